The second kappa shape index (κ2) is 9.88. The standard InChI is InChI=1S/C21H19Cl2N3O/c1-3-26(4-2)19-8-6-16(9-15(12-24)13-25)21(11-19)27-14-17-5-7-18(22)10-20(17)23/h5-11H,3-4,14H2,1-2H3. The van der Waals surface area contributed by atoms with Gasteiger partial charge in [-0.05, 0) is 44.2 Å². The largest absolute Gasteiger partial charge is 0.488 e. The van der Waals surface area contributed by atoms with Crippen LogP contribution in [0.4, 0.5) is 5.69 Å². The molecular weight excluding hydrogens is 381 g/mol. The Kier molecular flexibility index (Phi) is 7.55. The maximum atomic E-state index is 9.05. The van der Waals surface area contributed by atoms with Gasteiger partial charge in [-0.15, -0.1) is 0 Å². The molecule has 0 aliphatic rings. The number of nitrogens with zero attached hydrogens (tertiary/aromatic N) is 3. The first kappa shape index (κ1) is 20.6. The first-order valence-corrected chi connectivity index (χ1v) is 9.25. The number of ether oxygens (including phenoxy) is 1. The molecule has 0 unspecified atom stereocenters. The molecule has 27 heavy (non-hydrogen) atoms. The number of hydrogen-bond donors (Lipinski definition) is 0. The first-order valence-electron chi connectivity index (χ1n) is 8.50. The van der Waals surface area contributed by atoms with E-state index in [2.05, 4.69) is 18.7 Å². The summed E-state index contributed by atoms with van der Waals surface area (Å²) in [6.45, 7) is 6.11. The highest BCUT2D eigenvalue weighted by atomic mass is 35.5. The summed E-state index contributed by atoms with van der Waals surface area (Å²) in [5.41, 5.74) is 2.48. The van der Waals surface area contributed by atoms with Gasteiger partial charge >= 0.3 is 0 Å². The van der Waals surface area contributed by atoms with Crippen molar-refractivity contribution in [2.45, 2.75) is 20.5 Å². The minimum Gasteiger partial charge on any atom is -0.488 e. The SMILES string of the molecule is CCN(CC)c1ccc(C=C(C#N)C#N)c(OCc2ccc(Cl)cc2Cl)c1. The van der Waals surface area contributed by atoms with Crippen molar-refractivity contribution in [3.8, 4) is 17.9 Å². The summed E-state index contributed by atoms with van der Waals surface area (Å²) >= 11 is 12.2. The molecule has 138 valence electrons. The fourth-order valence-electron chi connectivity index (χ4n) is 2.59. The van der Waals surface area contributed by atoms with E-state index in [1.54, 1.807) is 12.1 Å². The number of hydrogen-bond acceptors (Lipinski definition) is 4. The van der Waals surface area contributed by atoms with Crippen LogP contribution in [-0.2, 0) is 6.61 Å². The number of nitriles is 2. The second-order valence-electron chi connectivity index (χ2n) is 5.70. The highest BCUT2D eigenvalue weighted by molar-refractivity contribution is 6.35. The molecule has 0 atom stereocenters. The smallest absolute Gasteiger partial charge is 0.130 e. The van der Waals surface area contributed by atoms with Gasteiger partial charge in [0.2, 0.25) is 0 Å². The minimum atomic E-state index is 0.0139. The van der Waals surface area contributed by atoms with Crippen LogP contribution in [-0.4, -0.2) is 13.1 Å². The van der Waals surface area contributed by atoms with E-state index in [1.807, 2.05) is 36.4 Å². The van der Waals surface area contributed by atoms with Gasteiger partial charge in [-0.2, -0.15) is 10.5 Å². The number of benzene rings is 2. The molecule has 2 aromatic rings. The maximum absolute atomic E-state index is 9.05. The molecule has 0 aromatic heterocycles. The van der Waals surface area contributed by atoms with Crippen molar-refractivity contribution in [3.05, 3.63) is 63.1 Å². The topological polar surface area (TPSA) is 60.0 Å². The molecule has 0 saturated heterocycles. The Morgan fingerprint density at radius 3 is 2.37 bits per heavy atom. The number of halogens is 2. The molecule has 2 aromatic carbocycles. The van der Waals surface area contributed by atoms with Gasteiger partial charge in [0.05, 0.1) is 0 Å². The summed E-state index contributed by atoms with van der Waals surface area (Å²) in [6, 6.07) is 14.7. The Balaban J connectivity index is 2.40. The summed E-state index contributed by atoms with van der Waals surface area (Å²) in [5.74, 6) is 0.577. The van der Waals surface area contributed by atoms with Gasteiger partial charge in [0.25, 0.3) is 0 Å². The van der Waals surface area contributed by atoms with Crippen LogP contribution in [0.15, 0.2) is 42.0 Å². The van der Waals surface area contributed by atoms with Crippen LogP contribution in [0, 0.1) is 22.7 Å². The molecule has 0 heterocycles. The third-order valence-corrected chi connectivity index (χ3v) is 4.65. The van der Waals surface area contributed by atoms with E-state index in [0.29, 0.717) is 21.4 Å². The zero-order valence-corrected chi connectivity index (χ0v) is 16.7. The molecule has 2 rings (SSSR count). The minimum absolute atomic E-state index is 0.0139. The molecule has 0 aliphatic heterocycles. The molecule has 0 spiro atoms. The van der Waals surface area contributed by atoms with Gasteiger partial charge in [0, 0.05) is 46.0 Å². The molecule has 0 radical (unpaired) electrons. The lowest BCUT2D eigenvalue weighted by molar-refractivity contribution is 0.305. The van der Waals surface area contributed by atoms with Crippen LogP contribution in [0.1, 0.15) is 25.0 Å². The summed E-state index contributed by atoms with van der Waals surface area (Å²) in [4.78, 5) is 2.19. The normalized spacial score (nSPS) is 9.85. The Bertz CT molecular complexity index is 906. The summed E-state index contributed by atoms with van der Waals surface area (Å²) in [7, 11) is 0. The second-order valence-corrected chi connectivity index (χ2v) is 6.54. The van der Waals surface area contributed by atoms with Crippen molar-refractivity contribution < 1.29 is 4.74 Å². The van der Waals surface area contributed by atoms with Gasteiger partial charge in [-0.3, -0.25) is 0 Å². The van der Waals surface area contributed by atoms with Crippen LogP contribution in [0.2, 0.25) is 10.0 Å². The molecule has 0 N–H and O–H groups in total. The van der Waals surface area contributed by atoms with Crippen molar-refractivity contribution >= 4 is 35.0 Å². The highest BCUT2D eigenvalue weighted by Crippen LogP contribution is 2.30. The van der Waals surface area contributed by atoms with Crippen molar-refractivity contribution in [1.29, 1.82) is 10.5 Å². The van der Waals surface area contributed by atoms with E-state index >= 15 is 0 Å². The molecular formula is C21H19Cl2N3O. The maximum Gasteiger partial charge on any atom is 0.130 e. The quantitative estimate of drug-likeness (QED) is 0.547. The van der Waals surface area contributed by atoms with E-state index in [9.17, 15) is 0 Å². The number of rotatable bonds is 7. The lowest BCUT2D eigenvalue weighted by Crippen LogP contribution is -2.21. The fraction of sp³-hybridized carbons (Fsp3) is 0.238. The average Bonchev–Trinajstić information content (AvgIpc) is 2.67. The molecule has 0 aliphatic carbocycles. The average molecular weight is 400 g/mol. The van der Waals surface area contributed by atoms with E-state index < -0.39 is 0 Å². The van der Waals surface area contributed by atoms with Gasteiger partial charge in [0.1, 0.15) is 30.1 Å². The van der Waals surface area contributed by atoms with Crippen LogP contribution in [0.5, 0.6) is 5.75 Å². The Morgan fingerprint density at radius 1 is 1.07 bits per heavy atom. The molecule has 6 heteroatoms. The van der Waals surface area contributed by atoms with E-state index in [0.717, 1.165) is 24.3 Å². The predicted molar refractivity (Wildman–Crippen MR) is 110 cm³/mol. The van der Waals surface area contributed by atoms with Crippen molar-refractivity contribution in [2.75, 3.05) is 18.0 Å². The zero-order chi connectivity index (χ0) is 19.8. The van der Waals surface area contributed by atoms with Gasteiger partial charge in [-0.25, -0.2) is 0 Å². The fourth-order valence-corrected chi connectivity index (χ4v) is 3.06. The van der Waals surface area contributed by atoms with Gasteiger partial charge in [0.15, 0.2) is 0 Å². The monoisotopic (exact) mass is 399 g/mol. The summed E-state index contributed by atoms with van der Waals surface area (Å²) < 4.78 is 6.00. The third kappa shape index (κ3) is 5.41. The van der Waals surface area contributed by atoms with Crippen LogP contribution >= 0.6 is 23.2 Å². The summed E-state index contributed by atoms with van der Waals surface area (Å²) in [5, 5.41) is 19.2. The van der Waals surface area contributed by atoms with Gasteiger partial charge in [-0.1, -0.05) is 29.3 Å². The summed E-state index contributed by atoms with van der Waals surface area (Å²) in [6.07, 6.45) is 1.52. The van der Waals surface area contributed by atoms with E-state index in [1.165, 1.54) is 6.08 Å². The lowest BCUT2D eigenvalue weighted by atomic mass is 10.1. The molecule has 4 nitrogen and oxygen atoms in total. The number of anilines is 1. The van der Waals surface area contributed by atoms with Gasteiger partial charge < -0.3 is 9.64 Å². The third-order valence-electron chi connectivity index (χ3n) is 4.06. The lowest BCUT2D eigenvalue weighted by Gasteiger charge is -2.22. The van der Waals surface area contributed by atoms with Crippen LogP contribution in [0.3, 0.4) is 0 Å². The molecule has 0 fully saturated rings. The van der Waals surface area contributed by atoms with E-state index in [-0.39, 0.29) is 12.2 Å². The van der Waals surface area contributed by atoms with Crippen molar-refractivity contribution in [1.82, 2.24) is 0 Å². The van der Waals surface area contributed by atoms with Crippen LogP contribution < -0.4 is 9.64 Å². The molecule has 0 amide bonds. The number of allylic oxidation sites excluding steroid dienone is 1. The predicted octanol–water partition coefficient (Wildman–Crippen LogP) is 5.85. The molecule has 0 saturated carbocycles. The zero-order valence-electron chi connectivity index (χ0n) is 15.2. The Labute approximate surface area is 169 Å². The van der Waals surface area contributed by atoms with Crippen molar-refractivity contribution in [3.63, 3.8) is 0 Å². The highest BCUT2D eigenvalue weighted by Gasteiger charge is 2.10. The van der Waals surface area contributed by atoms with Crippen molar-refractivity contribution in [2.24, 2.45) is 0 Å². The van der Waals surface area contributed by atoms with Crippen LogP contribution in [0.25, 0.3) is 6.08 Å². The van der Waals surface area contributed by atoms with E-state index in [4.69, 9.17) is 38.5 Å². The Morgan fingerprint density at radius 2 is 1.78 bits per heavy atom. The molecule has 0 bridgehead atoms. The first-order chi connectivity index (χ1) is 13.0. The Hall–Kier alpha value is -2.66.